The maximum absolute atomic E-state index is 11.4. The van der Waals surface area contributed by atoms with Gasteiger partial charge in [-0.1, -0.05) is 0 Å². The summed E-state index contributed by atoms with van der Waals surface area (Å²) in [6, 6.07) is 0. The van der Waals surface area contributed by atoms with Crippen LogP contribution in [-0.2, 0) is 6.54 Å². The van der Waals surface area contributed by atoms with E-state index in [2.05, 4.69) is 15.0 Å². The first-order valence-electron chi connectivity index (χ1n) is 4.64. The number of aromatic nitrogens is 2. The molecule has 7 nitrogen and oxygen atoms in total. The second kappa shape index (κ2) is 4.28. The van der Waals surface area contributed by atoms with Crippen LogP contribution in [0.1, 0.15) is 5.69 Å². The summed E-state index contributed by atoms with van der Waals surface area (Å²) >= 11 is 1.89. The van der Waals surface area contributed by atoms with Crippen molar-refractivity contribution in [2.45, 2.75) is 6.54 Å². The van der Waals surface area contributed by atoms with Gasteiger partial charge in [0, 0.05) is 6.54 Å². The molecule has 0 amide bonds. The monoisotopic (exact) mass is 335 g/mol. The topological polar surface area (TPSA) is 107 Å². The Morgan fingerprint density at radius 1 is 1.44 bits per heavy atom. The minimum Gasteiger partial charge on any atom is -0.370 e. The average Bonchev–Trinajstić information content (AvgIpc) is 2.60. The van der Waals surface area contributed by atoms with Gasteiger partial charge in [-0.25, -0.2) is 4.79 Å². The molecular weight excluding hydrogens is 325 g/mol. The minimum atomic E-state index is -0.505. The molecule has 2 rings (SSSR count). The zero-order valence-corrected chi connectivity index (χ0v) is 10.4. The third-order valence-corrected chi connectivity index (χ3v) is 3.41. The van der Waals surface area contributed by atoms with Crippen molar-refractivity contribution in [1.82, 2.24) is 14.9 Å². The van der Waals surface area contributed by atoms with Crippen LogP contribution in [0.15, 0.2) is 14.6 Å². The molecule has 2 heterocycles. The van der Waals surface area contributed by atoms with Gasteiger partial charge >= 0.3 is 5.69 Å². The maximum Gasteiger partial charge on any atom is 0.326 e. The Morgan fingerprint density at radius 2 is 2.19 bits per heavy atom. The summed E-state index contributed by atoms with van der Waals surface area (Å²) in [5.41, 5.74) is 5.33. The van der Waals surface area contributed by atoms with Crippen LogP contribution in [0.2, 0.25) is 0 Å². The van der Waals surface area contributed by atoms with Crippen molar-refractivity contribution in [3.8, 4) is 0 Å². The lowest BCUT2D eigenvalue weighted by molar-refractivity contribution is 0.439. The second-order valence-electron chi connectivity index (χ2n) is 3.36. The van der Waals surface area contributed by atoms with E-state index in [4.69, 9.17) is 5.73 Å². The Bertz CT molecular complexity index is 546. The van der Waals surface area contributed by atoms with Gasteiger partial charge in [-0.05, 0) is 22.6 Å². The maximum atomic E-state index is 11.4. The number of aromatic amines is 2. The van der Waals surface area contributed by atoms with E-state index in [0.717, 1.165) is 0 Å². The van der Waals surface area contributed by atoms with Crippen LogP contribution in [0, 0.1) is 3.57 Å². The van der Waals surface area contributed by atoms with Crippen LogP contribution < -0.4 is 17.0 Å². The number of nitrogens with two attached hydrogens (primary N) is 1. The third-order valence-electron chi connectivity index (χ3n) is 2.27. The Balaban J connectivity index is 2.31. The summed E-state index contributed by atoms with van der Waals surface area (Å²) < 4.78 is 0.469. The molecule has 0 bridgehead atoms. The van der Waals surface area contributed by atoms with Crippen LogP contribution in [0.25, 0.3) is 0 Å². The fourth-order valence-electron chi connectivity index (χ4n) is 1.48. The smallest absolute Gasteiger partial charge is 0.326 e. The van der Waals surface area contributed by atoms with E-state index < -0.39 is 5.69 Å². The van der Waals surface area contributed by atoms with Crippen molar-refractivity contribution in [2.24, 2.45) is 10.7 Å². The number of nitrogens with one attached hydrogen (secondary N) is 2. The number of halogens is 1. The first-order valence-corrected chi connectivity index (χ1v) is 5.71. The molecule has 0 saturated carbocycles. The molecule has 1 aliphatic rings. The molecule has 0 saturated heterocycles. The van der Waals surface area contributed by atoms with Crippen LogP contribution in [0.4, 0.5) is 0 Å². The van der Waals surface area contributed by atoms with Gasteiger partial charge in [0.2, 0.25) is 0 Å². The van der Waals surface area contributed by atoms with E-state index in [1.54, 1.807) is 0 Å². The SMILES string of the molecule is NC1=NCCN1Cc1[nH]c(=O)[nH]c(=O)c1I. The molecule has 0 spiro atoms. The van der Waals surface area contributed by atoms with Crippen molar-refractivity contribution in [2.75, 3.05) is 13.1 Å². The molecule has 0 aliphatic carbocycles. The highest BCUT2D eigenvalue weighted by molar-refractivity contribution is 14.1. The van der Waals surface area contributed by atoms with E-state index >= 15 is 0 Å². The van der Waals surface area contributed by atoms with Crippen LogP contribution in [0.5, 0.6) is 0 Å². The van der Waals surface area contributed by atoms with Gasteiger partial charge in [0.05, 0.1) is 22.4 Å². The summed E-state index contributed by atoms with van der Waals surface area (Å²) in [4.78, 5) is 33.1. The molecule has 1 aromatic heterocycles. The Hall–Kier alpha value is -1.32. The highest BCUT2D eigenvalue weighted by Gasteiger charge is 2.16. The lowest BCUT2D eigenvalue weighted by atomic mass is 10.3. The highest BCUT2D eigenvalue weighted by atomic mass is 127. The number of guanidine groups is 1. The number of H-pyrrole nitrogens is 2. The van der Waals surface area contributed by atoms with Gasteiger partial charge in [-0.15, -0.1) is 0 Å². The average molecular weight is 335 g/mol. The van der Waals surface area contributed by atoms with Crippen molar-refractivity contribution in [3.63, 3.8) is 0 Å². The number of rotatable bonds is 2. The molecule has 1 aromatic rings. The summed E-state index contributed by atoms with van der Waals surface area (Å²) in [5, 5.41) is 0. The summed E-state index contributed by atoms with van der Waals surface area (Å²) in [5.74, 6) is 0.442. The highest BCUT2D eigenvalue weighted by Crippen LogP contribution is 2.08. The van der Waals surface area contributed by atoms with Gasteiger partial charge in [0.25, 0.3) is 5.56 Å². The minimum absolute atomic E-state index is 0.381. The van der Waals surface area contributed by atoms with Gasteiger partial charge < -0.3 is 15.6 Å². The molecule has 86 valence electrons. The van der Waals surface area contributed by atoms with E-state index in [0.29, 0.717) is 34.9 Å². The van der Waals surface area contributed by atoms with E-state index in [1.807, 2.05) is 27.5 Å². The molecule has 0 unspecified atom stereocenters. The van der Waals surface area contributed by atoms with Gasteiger partial charge in [0.15, 0.2) is 5.96 Å². The standard InChI is InChI=1S/C8H10IN5O2/c9-5-4(12-8(16)13-6(5)15)3-14-2-1-11-7(14)10/h1-3H2,(H2,10,11)(H2,12,13,15,16). The Kier molecular flexibility index (Phi) is 2.99. The van der Waals surface area contributed by atoms with Gasteiger partial charge in [0.1, 0.15) is 0 Å². The molecular formula is C8H10IN5O2. The van der Waals surface area contributed by atoms with E-state index in [-0.39, 0.29) is 5.56 Å². The summed E-state index contributed by atoms with van der Waals surface area (Å²) in [6.07, 6.45) is 0. The van der Waals surface area contributed by atoms with Crippen molar-refractivity contribution >= 4 is 28.6 Å². The molecule has 0 aromatic carbocycles. The molecule has 1 aliphatic heterocycles. The largest absolute Gasteiger partial charge is 0.370 e. The zero-order chi connectivity index (χ0) is 11.7. The Labute approximate surface area is 104 Å². The summed E-state index contributed by atoms with van der Waals surface area (Å²) in [6.45, 7) is 1.75. The molecule has 16 heavy (non-hydrogen) atoms. The number of aliphatic imine (C=N–C) groups is 1. The van der Waals surface area contributed by atoms with E-state index in [9.17, 15) is 9.59 Å². The zero-order valence-electron chi connectivity index (χ0n) is 8.29. The predicted molar refractivity (Wildman–Crippen MR) is 67.3 cm³/mol. The number of hydrogen-bond donors (Lipinski definition) is 3. The number of nitrogens with zero attached hydrogens (tertiary/aromatic N) is 2. The van der Waals surface area contributed by atoms with Crippen LogP contribution >= 0.6 is 22.6 Å². The first kappa shape index (κ1) is 11.2. The lowest BCUT2D eigenvalue weighted by Crippen LogP contribution is -2.36. The van der Waals surface area contributed by atoms with Gasteiger partial charge in [-0.3, -0.25) is 14.8 Å². The van der Waals surface area contributed by atoms with Crippen molar-refractivity contribution in [3.05, 3.63) is 30.1 Å². The molecule has 0 radical (unpaired) electrons. The molecule has 0 atom stereocenters. The van der Waals surface area contributed by atoms with E-state index in [1.165, 1.54) is 0 Å². The summed E-state index contributed by atoms with van der Waals surface area (Å²) in [7, 11) is 0. The fraction of sp³-hybridized carbons (Fsp3) is 0.375. The molecule has 8 heteroatoms. The van der Waals surface area contributed by atoms with Crippen LogP contribution in [0.3, 0.4) is 0 Å². The first-order chi connectivity index (χ1) is 7.58. The lowest BCUT2D eigenvalue weighted by Gasteiger charge is -2.17. The fourth-order valence-corrected chi connectivity index (χ4v) is 1.92. The predicted octanol–water partition coefficient (Wildman–Crippen LogP) is -1.20. The van der Waals surface area contributed by atoms with Crippen LogP contribution in [-0.4, -0.2) is 33.9 Å². The quantitative estimate of drug-likeness (QED) is 0.590. The second-order valence-corrected chi connectivity index (χ2v) is 4.44. The number of hydrogen-bond acceptors (Lipinski definition) is 5. The Morgan fingerprint density at radius 3 is 2.81 bits per heavy atom. The third kappa shape index (κ3) is 2.10. The normalized spacial score (nSPS) is 15.3. The molecule has 0 fully saturated rings. The van der Waals surface area contributed by atoms with Crippen molar-refractivity contribution < 1.29 is 0 Å². The van der Waals surface area contributed by atoms with Gasteiger partial charge in [-0.2, -0.15) is 0 Å². The van der Waals surface area contributed by atoms with Crippen molar-refractivity contribution in [1.29, 1.82) is 0 Å². The molecule has 4 N–H and O–H groups in total.